The van der Waals surface area contributed by atoms with Crippen molar-refractivity contribution in [2.75, 3.05) is 5.01 Å². The summed E-state index contributed by atoms with van der Waals surface area (Å²) in [6.07, 6.45) is 0. The summed E-state index contributed by atoms with van der Waals surface area (Å²) in [5, 5.41) is 23.6. The van der Waals surface area contributed by atoms with E-state index >= 15 is 0 Å². The van der Waals surface area contributed by atoms with E-state index in [2.05, 4.69) is 5.43 Å². The summed E-state index contributed by atoms with van der Waals surface area (Å²) in [5.74, 6) is -0.723. The number of anilines is 2. The topological polar surface area (TPSA) is 119 Å². The van der Waals surface area contributed by atoms with Crippen molar-refractivity contribution >= 4 is 28.7 Å². The molecule has 3 aromatic carbocycles. The molecular formula is C19H14N4O5. The van der Waals surface area contributed by atoms with Gasteiger partial charge in [-0.15, -0.1) is 0 Å². The smallest absolute Gasteiger partial charge is 0.267 e. The zero-order chi connectivity index (χ0) is 20.1. The Hall–Kier alpha value is -4.27. The van der Waals surface area contributed by atoms with Gasteiger partial charge in [-0.3, -0.25) is 35.5 Å². The lowest BCUT2D eigenvalue weighted by molar-refractivity contribution is -0.394. The Morgan fingerprint density at radius 1 is 0.750 bits per heavy atom. The second-order valence-electron chi connectivity index (χ2n) is 5.70. The minimum absolute atomic E-state index is 0.197. The van der Waals surface area contributed by atoms with Crippen LogP contribution < -0.4 is 10.4 Å². The zero-order valence-corrected chi connectivity index (χ0v) is 14.4. The van der Waals surface area contributed by atoms with E-state index in [0.717, 1.165) is 18.2 Å². The Bertz CT molecular complexity index is 953. The fourth-order valence-electron chi connectivity index (χ4n) is 2.54. The van der Waals surface area contributed by atoms with E-state index < -0.39 is 27.1 Å². The molecule has 0 bridgehead atoms. The summed E-state index contributed by atoms with van der Waals surface area (Å²) in [4.78, 5) is 33.3. The Labute approximate surface area is 159 Å². The van der Waals surface area contributed by atoms with Crippen LogP contribution in [0.4, 0.5) is 22.7 Å². The number of nitro groups is 2. The number of carbonyl (C=O) groups excluding carboxylic acids is 1. The van der Waals surface area contributed by atoms with Crippen molar-refractivity contribution in [2.24, 2.45) is 0 Å². The van der Waals surface area contributed by atoms with Crippen LogP contribution in [0, 0.1) is 20.2 Å². The molecule has 1 N–H and O–H groups in total. The van der Waals surface area contributed by atoms with Gasteiger partial charge in [-0.2, -0.15) is 0 Å². The van der Waals surface area contributed by atoms with Crippen molar-refractivity contribution < 1.29 is 14.6 Å². The molecule has 28 heavy (non-hydrogen) atoms. The van der Waals surface area contributed by atoms with Gasteiger partial charge >= 0.3 is 0 Å². The number of nitrogens with one attached hydrogen (secondary N) is 1. The van der Waals surface area contributed by atoms with Gasteiger partial charge in [-0.1, -0.05) is 36.4 Å². The Morgan fingerprint density at radius 3 is 1.57 bits per heavy atom. The maximum atomic E-state index is 12.8. The predicted octanol–water partition coefficient (Wildman–Crippen LogP) is 3.99. The number of nitro benzene ring substituents is 2. The molecule has 3 aromatic rings. The molecule has 140 valence electrons. The van der Waals surface area contributed by atoms with Gasteiger partial charge in [-0.05, 0) is 24.3 Å². The van der Waals surface area contributed by atoms with Crippen LogP contribution in [0.15, 0.2) is 78.9 Å². The summed E-state index contributed by atoms with van der Waals surface area (Å²) in [6.45, 7) is 0. The average molecular weight is 378 g/mol. The summed E-state index contributed by atoms with van der Waals surface area (Å²) in [7, 11) is 0. The van der Waals surface area contributed by atoms with Gasteiger partial charge in [0.05, 0.1) is 32.9 Å². The number of hydrogen-bond donors (Lipinski definition) is 1. The van der Waals surface area contributed by atoms with Crippen LogP contribution in [0.3, 0.4) is 0 Å². The summed E-state index contributed by atoms with van der Waals surface area (Å²) in [6, 6.07) is 20.7. The largest absolute Gasteiger partial charge is 0.277 e. The number of non-ortho nitro benzene ring substituents is 2. The van der Waals surface area contributed by atoms with E-state index in [1.165, 1.54) is 5.01 Å². The van der Waals surface area contributed by atoms with E-state index in [9.17, 15) is 25.0 Å². The number of benzene rings is 3. The van der Waals surface area contributed by atoms with Gasteiger partial charge in [0.1, 0.15) is 0 Å². The lowest BCUT2D eigenvalue weighted by Gasteiger charge is -2.25. The highest BCUT2D eigenvalue weighted by atomic mass is 16.6. The fraction of sp³-hybridized carbons (Fsp3) is 0. The summed E-state index contributed by atoms with van der Waals surface area (Å²) in [5.41, 5.74) is 2.66. The molecule has 0 heterocycles. The first kappa shape index (κ1) is 18.5. The minimum atomic E-state index is -0.782. The van der Waals surface area contributed by atoms with Crippen molar-refractivity contribution in [3.05, 3.63) is 105 Å². The molecule has 0 radical (unpaired) electrons. The second-order valence-corrected chi connectivity index (χ2v) is 5.70. The number of hydrazine groups is 1. The van der Waals surface area contributed by atoms with Gasteiger partial charge in [0, 0.05) is 12.1 Å². The number of carbonyl (C=O) groups is 1. The Kier molecular flexibility index (Phi) is 5.26. The number of hydrogen-bond acceptors (Lipinski definition) is 6. The molecule has 0 aliphatic rings. The SMILES string of the molecule is O=C(NN(c1ccccc1)c1ccccc1)c1cc([N+](=O)[O-])cc([N+](=O)[O-])c1. The molecule has 0 unspecified atom stereocenters. The Morgan fingerprint density at radius 2 is 1.18 bits per heavy atom. The molecule has 3 rings (SSSR count). The first-order valence-corrected chi connectivity index (χ1v) is 8.11. The van der Waals surface area contributed by atoms with Crippen LogP contribution in [-0.2, 0) is 0 Å². The average Bonchev–Trinajstić information content (AvgIpc) is 2.72. The molecule has 0 saturated carbocycles. The van der Waals surface area contributed by atoms with Gasteiger partial charge in [0.25, 0.3) is 17.3 Å². The molecule has 9 heteroatoms. The maximum Gasteiger partial charge on any atom is 0.277 e. The molecule has 0 aliphatic carbocycles. The van der Waals surface area contributed by atoms with Crippen LogP contribution in [0.25, 0.3) is 0 Å². The van der Waals surface area contributed by atoms with E-state index in [1.54, 1.807) is 48.5 Å². The quantitative estimate of drug-likeness (QED) is 0.512. The van der Waals surface area contributed by atoms with Crippen LogP contribution in [0.1, 0.15) is 10.4 Å². The van der Waals surface area contributed by atoms with E-state index in [-0.39, 0.29) is 5.56 Å². The first-order chi connectivity index (χ1) is 13.5. The van der Waals surface area contributed by atoms with Gasteiger partial charge in [0.2, 0.25) is 0 Å². The highest BCUT2D eigenvalue weighted by Gasteiger charge is 2.21. The van der Waals surface area contributed by atoms with E-state index in [4.69, 9.17) is 0 Å². The van der Waals surface area contributed by atoms with Crippen molar-refractivity contribution in [3.8, 4) is 0 Å². The fourth-order valence-corrected chi connectivity index (χ4v) is 2.54. The summed E-state index contributed by atoms with van der Waals surface area (Å²) < 4.78 is 0. The van der Waals surface area contributed by atoms with Gasteiger partial charge in [0.15, 0.2) is 0 Å². The number of para-hydroxylation sites is 2. The van der Waals surface area contributed by atoms with Gasteiger partial charge in [-0.25, -0.2) is 0 Å². The third kappa shape index (κ3) is 4.10. The van der Waals surface area contributed by atoms with Gasteiger partial charge < -0.3 is 0 Å². The van der Waals surface area contributed by atoms with Crippen molar-refractivity contribution in [3.63, 3.8) is 0 Å². The number of nitrogens with zero attached hydrogens (tertiary/aromatic N) is 3. The number of rotatable bonds is 6. The van der Waals surface area contributed by atoms with Crippen LogP contribution in [0.2, 0.25) is 0 Å². The monoisotopic (exact) mass is 378 g/mol. The van der Waals surface area contributed by atoms with E-state index in [0.29, 0.717) is 11.4 Å². The molecule has 0 aromatic heterocycles. The van der Waals surface area contributed by atoms with Crippen LogP contribution >= 0.6 is 0 Å². The van der Waals surface area contributed by atoms with Crippen LogP contribution in [0.5, 0.6) is 0 Å². The molecule has 0 atom stereocenters. The third-order valence-electron chi connectivity index (χ3n) is 3.83. The van der Waals surface area contributed by atoms with Crippen molar-refractivity contribution in [1.29, 1.82) is 0 Å². The predicted molar refractivity (Wildman–Crippen MR) is 102 cm³/mol. The first-order valence-electron chi connectivity index (χ1n) is 8.11. The molecule has 0 spiro atoms. The standard InChI is InChI=1S/C19H14N4O5/c24-19(14-11-17(22(25)26)13-18(12-14)23(27)28)20-21(15-7-3-1-4-8-15)16-9-5-2-6-10-16/h1-13H,(H,20,24). The minimum Gasteiger partial charge on any atom is -0.267 e. The molecule has 9 nitrogen and oxygen atoms in total. The molecule has 0 aliphatic heterocycles. The van der Waals surface area contributed by atoms with Crippen molar-refractivity contribution in [2.45, 2.75) is 0 Å². The van der Waals surface area contributed by atoms with Crippen LogP contribution in [-0.4, -0.2) is 15.8 Å². The Balaban J connectivity index is 1.99. The second kappa shape index (κ2) is 7.96. The molecule has 0 fully saturated rings. The highest BCUT2D eigenvalue weighted by molar-refractivity contribution is 5.97. The lowest BCUT2D eigenvalue weighted by atomic mass is 10.1. The van der Waals surface area contributed by atoms with E-state index in [1.807, 2.05) is 12.1 Å². The summed E-state index contributed by atoms with van der Waals surface area (Å²) >= 11 is 0. The van der Waals surface area contributed by atoms with Crippen molar-refractivity contribution in [1.82, 2.24) is 5.43 Å². The molecule has 0 saturated heterocycles. The molecule has 1 amide bonds. The third-order valence-corrected chi connectivity index (χ3v) is 3.83. The lowest BCUT2D eigenvalue weighted by Crippen LogP contribution is -2.39. The normalized spacial score (nSPS) is 10.1. The maximum absolute atomic E-state index is 12.8. The zero-order valence-electron chi connectivity index (χ0n) is 14.4. The highest BCUT2D eigenvalue weighted by Crippen LogP contribution is 2.25. The number of amides is 1. The molecular weight excluding hydrogens is 364 g/mol.